The maximum atomic E-state index is 12.2. The smallest absolute Gasteiger partial charge is 0.263 e. The zero-order chi connectivity index (χ0) is 14.9. The number of amides is 1. The van der Waals surface area contributed by atoms with Crippen molar-refractivity contribution >= 4 is 34.8 Å². The molecule has 0 aliphatic carbocycles. The summed E-state index contributed by atoms with van der Waals surface area (Å²) in [6.07, 6.45) is 0. The van der Waals surface area contributed by atoms with E-state index in [0.717, 1.165) is 0 Å². The maximum absolute atomic E-state index is 12.2. The molecule has 1 amide bonds. The number of benzene rings is 1. The van der Waals surface area contributed by atoms with Gasteiger partial charge in [0.15, 0.2) is 5.43 Å². The number of nitrogens with one attached hydrogen (secondary N) is 1. The van der Waals surface area contributed by atoms with Crippen LogP contribution in [0.15, 0.2) is 33.5 Å². The molecule has 0 radical (unpaired) electrons. The highest BCUT2D eigenvalue weighted by Gasteiger charge is 2.18. The van der Waals surface area contributed by atoms with Crippen molar-refractivity contribution < 1.29 is 9.21 Å². The number of halogens is 2. The molecule has 2 rings (SSSR count). The highest BCUT2D eigenvalue weighted by molar-refractivity contribution is 6.40. The molecule has 0 saturated carbocycles. The molecule has 0 bridgehead atoms. The summed E-state index contributed by atoms with van der Waals surface area (Å²) < 4.78 is 5.28. The van der Waals surface area contributed by atoms with Gasteiger partial charge in [0.2, 0.25) is 0 Å². The highest BCUT2D eigenvalue weighted by Crippen LogP contribution is 2.30. The van der Waals surface area contributed by atoms with E-state index < -0.39 is 11.3 Å². The van der Waals surface area contributed by atoms with Crippen LogP contribution in [0.5, 0.6) is 0 Å². The minimum Gasteiger partial charge on any atom is -0.466 e. The zero-order valence-electron chi connectivity index (χ0n) is 10.8. The predicted octanol–water partition coefficient (Wildman–Crippen LogP) is 3.82. The average molecular weight is 312 g/mol. The van der Waals surface area contributed by atoms with Crippen LogP contribution in [0.25, 0.3) is 0 Å². The van der Waals surface area contributed by atoms with Crippen molar-refractivity contribution in [1.82, 2.24) is 0 Å². The lowest BCUT2D eigenvalue weighted by Gasteiger charge is -2.10. The Morgan fingerprint density at radius 3 is 2.35 bits per heavy atom. The van der Waals surface area contributed by atoms with Gasteiger partial charge in [0.25, 0.3) is 5.91 Å². The Balaban J connectivity index is 2.42. The SMILES string of the molecule is Cc1cc(=O)c(C(=O)Nc2c(Cl)cccc2Cl)c(C)o1. The van der Waals surface area contributed by atoms with E-state index in [-0.39, 0.29) is 17.0 Å². The molecular formula is C14H11Cl2NO3. The Morgan fingerprint density at radius 1 is 1.20 bits per heavy atom. The third-order valence-corrected chi connectivity index (χ3v) is 3.31. The first kappa shape index (κ1) is 14.6. The molecule has 1 aromatic heterocycles. The first-order valence-electron chi connectivity index (χ1n) is 5.77. The van der Waals surface area contributed by atoms with E-state index in [0.29, 0.717) is 15.8 Å². The first-order valence-corrected chi connectivity index (χ1v) is 6.52. The summed E-state index contributed by atoms with van der Waals surface area (Å²) in [6.45, 7) is 3.19. The fourth-order valence-corrected chi connectivity index (χ4v) is 2.31. The molecular weight excluding hydrogens is 301 g/mol. The summed E-state index contributed by atoms with van der Waals surface area (Å²) in [7, 11) is 0. The minimum atomic E-state index is -0.605. The molecule has 0 fully saturated rings. The molecule has 6 heteroatoms. The van der Waals surface area contributed by atoms with Crippen molar-refractivity contribution in [2.45, 2.75) is 13.8 Å². The molecule has 2 aromatic rings. The van der Waals surface area contributed by atoms with Gasteiger partial charge in [-0.2, -0.15) is 0 Å². The molecule has 1 heterocycles. The van der Waals surface area contributed by atoms with E-state index in [1.807, 2.05) is 0 Å². The van der Waals surface area contributed by atoms with Crippen molar-refractivity contribution in [2.24, 2.45) is 0 Å². The van der Waals surface area contributed by atoms with Gasteiger partial charge in [-0.3, -0.25) is 9.59 Å². The number of carbonyl (C=O) groups excluding carboxylic acids is 1. The van der Waals surface area contributed by atoms with E-state index in [9.17, 15) is 9.59 Å². The monoisotopic (exact) mass is 311 g/mol. The summed E-state index contributed by atoms with van der Waals surface area (Å²) in [4.78, 5) is 24.1. The van der Waals surface area contributed by atoms with Crippen LogP contribution < -0.4 is 10.7 Å². The van der Waals surface area contributed by atoms with Crippen LogP contribution in [0.4, 0.5) is 5.69 Å². The van der Waals surface area contributed by atoms with Crippen molar-refractivity contribution in [2.75, 3.05) is 5.32 Å². The van der Waals surface area contributed by atoms with E-state index in [1.54, 1.807) is 32.0 Å². The topological polar surface area (TPSA) is 59.3 Å². The lowest BCUT2D eigenvalue weighted by Crippen LogP contribution is -2.23. The van der Waals surface area contributed by atoms with Crippen molar-refractivity contribution in [3.05, 3.63) is 61.6 Å². The zero-order valence-corrected chi connectivity index (χ0v) is 12.3. The maximum Gasteiger partial charge on any atom is 0.263 e. The summed E-state index contributed by atoms with van der Waals surface area (Å²) in [6, 6.07) is 6.10. The standard InChI is InChI=1S/C14H11Cl2NO3/c1-7-6-11(18)12(8(2)20-7)14(19)17-13-9(15)4-3-5-10(13)16/h3-6H,1-2H3,(H,17,19). The van der Waals surface area contributed by atoms with Crippen LogP contribution in [-0.4, -0.2) is 5.91 Å². The van der Waals surface area contributed by atoms with Crippen LogP contribution in [-0.2, 0) is 0 Å². The quantitative estimate of drug-likeness (QED) is 0.917. The second-order valence-electron chi connectivity index (χ2n) is 4.20. The van der Waals surface area contributed by atoms with Crippen LogP contribution in [0.1, 0.15) is 21.9 Å². The van der Waals surface area contributed by atoms with Crippen molar-refractivity contribution in [1.29, 1.82) is 0 Å². The predicted molar refractivity (Wildman–Crippen MR) is 78.9 cm³/mol. The Hall–Kier alpha value is -1.78. The van der Waals surface area contributed by atoms with E-state index in [2.05, 4.69) is 5.32 Å². The second kappa shape index (κ2) is 5.69. The number of hydrogen-bond acceptors (Lipinski definition) is 3. The Morgan fingerprint density at radius 2 is 1.80 bits per heavy atom. The molecule has 20 heavy (non-hydrogen) atoms. The Bertz CT molecular complexity index is 717. The molecule has 0 aliphatic rings. The van der Waals surface area contributed by atoms with Crippen LogP contribution in [0.2, 0.25) is 10.0 Å². The number of rotatable bonds is 2. The van der Waals surface area contributed by atoms with Crippen LogP contribution in [0, 0.1) is 13.8 Å². The second-order valence-corrected chi connectivity index (χ2v) is 5.02. The average Bonchev–Trinajstić information content (AvgIpc) is 2.32. The van der Waals surface area contributed by atoms with Crippen molar-refractivity contribution in [3.8, 4) is 0 Å². The summed E-state index contributed by atoms with van der Waals surface area (Å²) in [5, 5.41) is 3.12. The number of anilines is 1. The molecule has 0 spiro atoms. The summed E-state index contributed by atoms with van der Waals surface area (Å²) in [5.41, 5.74) is -0.210. The molecule has 0 unspecified atom stereocenters. The largest absolute Gasteiger partial charge is 0.466 e. The van der Waals surface area contributed by atoms with Gasteiger partial charge < -0.3 is 9.73 Å². The van der Waals surface area contributed by atoms with Crippen LogP contribution >= 0.6 is 23.2 Å². The Labute approximate surface area is 125 Å². The van der Waals surface area contributed by atoms with Gasteiger partial charge in [-0.1, -0.05) is 29.3 Å². The fourth-order valence-electron chi connectivity index (χ4n) is 1.82. The van der Waals surface area contributed by atoms with Gasteiger partial charge in [0.1, 0.15) is 17.1 Å². The van der Waals surface area contributed by atoms with Crippen LogP contribution in [0.3, 0.4) is 0 Å². The minimum absolute atomic E-state index is 0.0633. The summed E-state index contributed by atoms with van der Waals surface area (Å²) >= 11 is 11.9. The van der Waals surface area contributed by atoms with Gasteiger partial charge in [0, 0.05) is 6.07 Å². The third-order valence-electron chi connectivity index (χ3n) is 2.68. The van der Waals surface area contributed by atoms with Gasteiger partial charge in [0.05, 0.1) is 15.7 Å². The molecule has 4 nitrogen and oxygen atoms in total. The summed E-state index contributed by atoms with van der Waals surface area (Å²) in [5.74, 6) is 0.0850. The number of carbonyl (C=O) groups is 1. The van der Waals surface area contributed by atoms with Crippen molar-refractivity contribution in [3.63, 3.8) is 0 Å². The van der Waals surface area contributed by atoms with Gasteiger partial charge in [-0.25, -0.2) is 0 Å². The normalized spacial score (nSPS) is 10.4. The number of aryl methyl sites for hydroxylation is 2. The van der Waals surface area contributed by atoms with Gasteiger partial charge >= 0.3 is 0 Å². The van der Waals surface area contributed by atoms with E-state index in [4.69, 9.17) is 27.6 Å². The first-order chi connectivity index (χ1) is 9.40. The molecule has 1 aromatic carbocycles. The molecule has 1 N–H and O–H groups in total. The van der Waals surface area contributed by atoms with Gasteiger partial charge in [-0.05, 0) is 26.0 Å². The van der Waals surface area contributed by atoms with E-state index >= 15 is 0 Å². The molecule has 104 valence electrons. The molecule has 0 saturated heterocycles. The third kappa shape index (κ3) is 2.86. The van der Waals surface area contributed by atoms with E-state index in [1.165, 1.54) is 6.07 Å². The molecule has 0 atom stereocenters. The number of hydrogen-bond donors (Lipinski definition) is 1. The number of para-hydroxylation sites is 1. The lowest BCUT2D eigenvalue weighted by atomic mass is 10.2. The fraction of sp³-hybridized carbons (Fsp3) is 0.143. The lowest BCUT2D eigenvalue weighted by molar-refractivity contribution is 0.102. The van der Waals surface area contributed by atoms with Gasteiger partial charge in [-0.15, -0.1) is 0 Å². The highest BCUT2D eigenvalue weighted by atomic mass is 35.5. The molecule has 0 aliphatic heterocycles. The Kier molecular flexibility index (Phi) is 4.16.